The number of nitrogen functional groups attached to an aromatic ring is 1. The molecule has 0 aliphatic carbocycles. The molecule has 2 aromatic rings. The number of carbonyl (C=O) groups excluding carboxylic acids is 1. The molecular weight excluding hydrogens is 274 g/mol. The number of nitrogens with two attached hydrogens (primary N) is 1. The highest BCUT2D eigenvalue weighted by Crippen LogP contribution is 2.29. The molecule has 2 rings (SSSR count). The van der Waals surface area contributed by atoms with Crippen LogP contribution in [-0.2, 0) is 18.4 Å². The number of rotatable bonds is 5. The quantitative estimate of drug-likeness (QED) is 0.837. The second kappa shape index (κ2) is 6.17. The summed E-state index contributed by atoms with van der Waals surface area (Å²) < 4.78 is 17.2. The molecule has 2 aromatic heterocycles. The van der Waals surface area contributed by atoms with Crippen LogP contribution in [0.5, 0.6) is 11.5 Å². The molecule has 0 saturated carbocycles. The molecule has 0 radical (unpaired) electrons. The van der Waals surface area contributed by atoms with Crippen molar-refractivity contribution in [2.24, 2.45) is 7.05 Å². The zero-order valence-corrected chi connectivity index (χ0v) is 12.1. The van der Waals surface area contributed by atoms with Crippen molar-refractivity contribution in [1.82, 2.24) is 9.55 Å². The number of pyridine rings is 1. The van der Waals surface area contributed by atoms with Crippen LogP contribution < -0.4 is 15.2 Å². The van der Waals surface area contributed by atoms with E-state index < -0.39 is 5.97 Å². The molecule has 0 aliphatic rings. The molecule has 0 spiro atoms. The lowest BCUT2D eigenvalue weighted by Gasteiger charge is -2.11. The summed E-state index contributed by atoms with van der Waals surface area (Å²) in [4.78, 5) is 16.1. The lowest BCUT2D eigenvalue weighted by atomic mass is 10.3. The molecule has 0 bridgehead atoms. The van der Waals surface area contributed by atoms with Crippen LogP contribution >= 0.6 is 0 Å². The predicted molar refractivity (Wildman–Crippen MR) is 76.3 cm³/mol. The molecule has 2 N–H and O–H groups in total. The van der Waals surface area contributed by atoms with Crippen molar-refractivity contribution in [3.05, 3.63) is 35.9 Å². The lowest BCUT2D eigenvalue weighted by molar-refractivity contribution is 0.0453. The van der Waals surface area contributed by atoms with Gasteiger partial charge in [0.25, 0.3) is 0 Å². The van der Waals surface area contributed by atoms with Gasteiger partial charge in [-0.3, -0.25) is 4.98 Å². The molecule has 7 nitrogen and oxygen atoms in total. The first kappa shape index (κ1) is 14.7. The summed E-state index contributed by atoms with van der Waals surface area (Å²) in [5.74, 6) is 0.488. The maximum atomic E-state index is 12.0. The van der Waals surface area contributed by atoms with E-state index in [2.05, 4.69) is 4.98 Å². The number of hydrogen-bond acceptors (Lipinski definition) is 6. The summed E-state index contributed by atoms with van der Waals surface area (Å²) in [6.07, 6.45) is 3.20. The highest BCUT2D eigenvalue weighted by molar-refractivity contribution is 5.89. The number of ether oxygens (including phenoxy) is 3. The molecule has 0 fully saturated rings. The number of hydrogen-bond donors (Lipinski definition) is 1. The molecule has 2 heterocycles. The van der Waals surface area contributed by atoms with E-state index in [0.717, 1.165) is 0 Å². The summed E-state index contributed by atoms with van der Waals surface area (Å²) in [6.45, 7) is -0.0235. The minimum atomic E-state index is -0.485. The van der Waals surface area contributed by atoms with Crippen LogP contribution in [0.25, 0.3) is 0 Å². The Hall–Kier alpha value is -2.70. The zero-order chi connectivity index (χ0) is 15.4. The van der Waals surface area contributed by atoms with E-state index in [1.807, 2.05) is 0 Å². The minimum absolute atomic E-state index is 0.0235. The fourth-order valence-electron chi connectivity index (χ4n) is 1.95. The van der Waals surface area contributed by atoms with Crippen LogP contribution in [0.3, 0.4) is 0 Å². The third kappa shape index (κ3) is 3.07. The van der Waals surface area contributed by atoms with Crippen molar-refractivity contribution < 1.29 is 19.0 Å². The molecule has 0 aliphatic heterocycles. The normalized spacial score (nSPS) is 10.2. The van der Waals surface area contributed by atoms with Crippen LogP contribution in [0.2, 0.25) is 0 Å². The number of anilines is 1. The van der Waals surface area contributed by atoms with Crippen LogP contribution in [0.1, 0.15) is 16.2 Å². The first-order valence-electron chi connectivity index (χ1n) is 6.21. The van der Waals surface area contributed by atoms with Gasteiger partial charge in [0.05, 0.1) is 19.9 Å². The van der Waals surface area contributed by atoms with Gasteiger partial charge in [-0.25, -0.2) is 4.79 Å². The third-order valence-corrected chi connectivity index (χ3v) is 2.94. The van der Waals surface area contributed by atoms with Crippen molar-refractivity contribution in [2.75, 3.05) is 20.0 Å². The maximum Gasteiger partial charge on any atom is 0.355 e. The Bertz CT molecular complexity index is 652. The number of aryl methyl sites for hydroxylation is 1. The van der Waals surface area contributed by atoms with Gasteiger partial charge < -0.3 is 24.5 Å². The van der Waals surface area contributed by atoms with E-state index in [0.29, 0.717) is 28.6 Å². The SMILES string of the molecule is COc1ccnc(COC(=O)c2cc(N)cn2C)c1OC. The largest absolute Gasteiger partial charge is 0.493 e. The Kier molecular flexibility index (Phi) is 4.32. The highest BCUT2D eigenvalue weighted by atomic mass is 16.5. The Morgan fingerprint density at radius 1 is 1.38 bits per heavy atom. The van der Waals surface area contributed by atoms with Gasteiger partial charge in [0.15, 0.2) is 11.5 Å². The first-order valence-corrected chi connectivity index (χ1v) is 6.21. The minimum Gasteiger partial charge on any atom is -0.493 e. The molecular formula is C14H17N3O4. The Morgan fingerprint density at radius 3 is 2.71 bits per heavy atom. The summed E-state index contributed by atoms with van der Waals surface area (Å²) >= 11 is 0. The molecule has 0 atom stereocenters. The second-order valence-corrected chi connectivity index (χ2v) is 4.34. The molecule has 112 valence electrons. The molecule has 0 amide bonds. The fourth-order valence-corrected chi connectivity index (χ4v) is 1.95. The zero-order valence-electron chi connectivity index (χ0n) is 12.1. The third-order valence-electron chi connectivity index (χ3n) is 2.94. The predicted octanol–water partition coefficient (Wildman–Crippen LogP) is 1.38. The van der Waals surface area contributed by atoms with E-state index >= 15 is 0 Å². The van der Waals surface area contributed by atoms with E-state index in [-0.39, 0.29) is 6.61 Å². The summed E-state index contributed by atoms with van der Waals surface area (Å²) in [7, 11) is 4.75. The summed E-state index contributed by atoms with van der Waals surface area (Å²) in [6, 6.07) is 3.22. The Morgan fingerprint density at radius 2 is 2.14 bits per heavy atom. The first-order chi connectivity index (χ1) is 10.1. The van der Waals surface area contributed by atoms with E-state index in [4.69, 9.17) is 19.9 Å². The van der Waals surface area contributed by atoms with Gasteiger partial charge in [-0.05, 0) is 6.07 Å². The molecule has 7 heteroatoms. The van der Waals surface area contributed by atoms with E-state index in [9.17, 15) is 4.79 Å². The standard InChI is InChI=1S/C14H17N3O4/c1-17-7-9(15)6-11(17)14(18)21-8-10-13(20-3)12(19-2)4-5-16-10/h4-7H,8,15H2,1-3H3. The number of methoxy groups -OCH3 is 2. The number of nitrogens with zero attached hydrogens (tertiary/aromatic N) is 2. The van der Waals surface area contributed by atoms with Crippen LogP contribution in [0.15, 0.2) is 24.5 Å². The fraction of sp³-hybridized carbons (Fsp3) is 0.286. The second-order valence-electron chi connectivity index (χ2n) is 4.34. The van der Waals surface area contributed by atoms with Gasteiger partial charge in [-0.1, -0.05) is 0 Å². The summed E-state index contributed by atoms with van der Waals surface area (Å²) in [5.41, 5.74) is 6.98. The molecule has 21 heavy (non-hydrogen) atoms. The van der Waals surface area contributed by atoms with Crippen molar-refractivity contribution in [2.45, 2.75) is 6.61 Å². The van der Waals surface area contributed by atoms with Gasteiger partial charge >= 0.3 is 5.97 Å². The van der Waals surface area contributed by atoms with Crippen molar-refractivity contribution >= 4 is 11.7 Å². The van der Waals surface area contributed by atoms with Gasteiger partial charge in [0.1, 0.15) is 18.0 Å². The number of esters is 1. The van der Waals surface area contributed by atoms with E-state index in [1.54, 1.807) is 36.1 Å². The van der Waals surface area contributed by atoms with Crippen molar-refractivity contribution in [3.8, 4) is 11.5 Å². The van der Waals surface area contributed by atoms with Gasteiger partial charge in [-0.2, -0.15) is 0 Å². The lowest BCUT2D eigenvalue weighted by Crippen LogP contribution is -2.11. The molecule has 0 saturated heterocycles. The average molecular weight is 291 g/mol. The van der Waals surface area contributed by atoms with E-state index in [1.165, 1.54) is 14.2 Å². The number of aromatic nitrogens is 2. The Balaban J connectivity index is 2.13. The maximum absolute atomic E-state index is 12.0. The van der Waals surface area contributed by atoms with Gasteiger partial charge in [0.2, 0.25) is 0 Å². The van der Waals surface area contributed by atoms with Gasteiger partial charge in [0, 0.05) is 25.5 Å². The highest BCUT2D eigenvalue weighted by Gasteiger charge is 2.16. The summed E-state index contributed by atoms with van der Waals surface area (Å²) in [5, 5.41) is 0. The monoisotopic (exact) mass is 291 g/mol. The Labute approximate surface area is 122 Å². The van der Waals surface area contributed by atoms with Crippen molar-refractivity contribution in [1.29, 1.82) is 0 Å². The van der Waals surface area contributed by atoms with Crippen molar-refractivity contribution in [3.63, 3.8) is 0 Å². The molecule has 0 unspecified atom stereocenters. The topological polar surface area (TPSA) is 88.6 Å². The molecule has 0 aromatic carbocycles. The number of carbonyl (C=O) groups is 1. The average Bonchev–Trinajstić information content (AvgIpc) is 2.82. The van der Waals surface area contributed by atoms with Crippen LogP contribution in [0.4, 0.5) is 5.69 Å². The van der Waals surface area contributed by atoms with Crippen LogP contribution in [-0.4, -0.2) is 29.7 Å². The van der Waals surface area contributed by atoms with Crippen LogP contribution in [0, 0.1) is 0 Å². The smallest absolute Gasteiger partial charge is 0.355 e. The van der Waals surface area contributed by atoms with Gasteiger partial charge in [-0.15, -0.1) is 0 Å².